The van der Waals surface area contributed by atoms with E-state index in [9.17, 15) is 44.1 Å². The third-order valence-corrected chi connectivity index (χ3v) is 13.7. The highest BCUT2D eigenvalue weighted by Gasteiger charge is 2.47. The van der Waals surface area contributed by atoms with E-state index < -0.39 is 71.8 Å². The third kappa shape index (κ3) is 10.5. The van der Waals surface area contributed by atoms with Gasteiger partial charge in [-0.05, 0) is 76.9 Å². The molecular formula is C52H62N6O11. The van der Waals surface area contributed by atoms with Crippen molar-refractivity contribution in [2.45, 2.75) is 101 Å². The Hall–Kier alpha value is -6.98. The second-order valence-electron chi connectivity index (χ2n) is 18.1. The number of β-amino-alcohol motifs (C(OH)–C–C–N with tert-alkyl or cyclic N) is 1. The first-order valence-electron chi connectivity index (χ1n) is 23.6. The Bertz CT molecular complexity index is 2500. The molecule has 6 atom stereocenters. The maximum atomic E-state index is 14.5. The Kier molecular flexibility index (Phi) is 15.9. The van der Waals surface area contributed by atoms with Gasteiger partial charge in [0.1, 0.15) is 24.3 Å². The summed E-state index contributed by atoms with van der Waals surface area (Å²) in [5.41, 5.74) is 4.80. The fraction of sp³-hybridized carbons (Fsp3) is 0.423. The van der Waals surface area contributed by atoms with Gasteiger partial charge in [-0.25, -0.2) is 14.4 Å². The van der Waals surface area contributed by atoms with E-state index >= 15 is 0 Å². The fourth-order valence-corrected chi connectivity index (χ4v) is 10.5. The summed E-state index contributed by atoms with van der Waals surface area (Å²) in [4.78, 5) is 85.0. The summed E-state index contributed by atoms with van der Waals surface area (Å²) in [7, 11) is 2.73. The van der Waals surface area contributed by atoms with Crippen LogP contribution in [0.3, 0.4) is 0 Å². The van der Waals surface area contributed by atoms with Crippen LogP contribution in [-0.2, 0) is 29.3 Å². The molecule has 17 heteroatoms. The van der Waals surface area contributed by atoms with Gasteiger partial charge in [-0.1, -0.05) is 112 Å². The molecule has 0 saturated carbocycles. The summed E-state index contributed by atoms with van der Waals surface area (Å²) in [6, 6.07) is 24.9. The van der Waals surface area contributed by atoms with Gasteiger partial charge in [0.25, 0.3) is 11.8 Å². The van der Waals surface area contributed by atoms with Crippen molar-refractivity contribution in [2.75, 3.05) is 44.1 Å². The predicted octanol–water partition coefficient (Wildman–Crippen LogP) is 7.65. The number of ether oxygens (including phenoxy) is 2. The van der Waals surface area contributed by atoms with E-state index in [0.717, 1.165) is 52.8 Å². The van der Waals surface area contributed by atoms with Crippen LogP contribution in [0.2, 0.25) is 0 Å². The standard InChI is InChI=1S/C52H62N6O11/c1-5-7-23-52(24-8-6-2)40-26-35(53-46(60)42-25-32(31-68-3)29-56(42)47(61)44(54-49(63)64)33-15-11-9-12-16-33)19-21-38(40)39-22-20-36(27-41(39)52)58(51(66)67)43-28-37(59)30-57(43)48(62)45(55-50(65)69-4)34-17-13-10-14-18-34/h9-22,26-27,32,37,42-45,54,59H,5-8,23-25,28-31H2,1-4H3,(H,53,60)(H,55,65)(H,63,64)(H,66,67)/t32-,37+,42-,43-,44+,45+/m0/s1. The number of hydrogen-bond acceptors (Lipinski definition) is 9. The number of carbonyl (C=O) groups excluding carboxylic acids is 4. The molecule has 2 fully saturated rings. The van der Waals surface area contributed by atoms with Gasteiger partial charge in [0, 0.05) is 49.3 Å². The molecule has 2 saturated heterocycles. The Morgan fingerprint density at radius 2 is 1.32 bits per heavy atom. The van der Waals surface area contributed by atoms with E-state index in [4.69, 9.17) is 9.47 Å². The van der Waals surface area contributed by atoms with E-state index in [0.29, 0.717) is 48.4 Å². The van der Waals surface area contributed by atoms with Crippen molar-refractivity contribution >= 4 is 47.4 Å². The topological polar surface area (TPSA) is 227 Å². The van der Waals surface area contributed by atoms with Crippen LogP contribution in [0.15, 0.2) is 97.1 Å². The molecule has 0 unspecified atom stereocenters. The van der Waals surface area contributed by atoms with Gasteiger partial charge in [-0.3, -0.25) is 19.3 Å². The fourth-order valence-electron chi connectivity index (χ4n) is 10.5. The third-order valence-electron chi connectivity index (χ3n) is 13.7. The van der Waals surface area contributed by atoms with Gasteiger partial charge < -0.3 is 50.5 Å². The predicted molar refractivity (Wildman–Crippen MR) is 258 cm³/mol. The number of aliphatic hydroxyl groups is 1. The molecule has 366 valence electrons. The Labute approximate surface area is 401 Å². The average molecular weight is 947 g/mol. The van der Waals surface area contributed by atoms with Crippen LogP contribution in [0, 0.1) is 5.92 Å². The Morgan fingerprint density at radius 3 is 1.88 bits per heavy atom. The first kappa shape index (κ1) is 49.9. The number of amides is 6. The summed E-state index contributed by atoms with van der Waals surface area (Å²) >= 11 is 0. The van der Waals surface area contributed by atoms with Crippen LogP contribution in [0.5, 0.6) is 0 Å². The van der Waals surface area contributed by atoms with Crippen LogP contribution < -0.4 is 20.9 Å². The number of methoxy groups -OCH3 is 2. The van der Waals surface area contributed by atoms with Gasteiger partial charge in [0.2, 0.25) is 5.91 Å². The number of alkyl carbamates (subject to hydrolysis) is 1. The quantitative estimate of drug-likeness (QED) is 0.0568. The average Bonchev–Trinajstić information content (AvgIpc) is 4.03. The van der Waals surface area contributed by atoms with Gasteiger partial charge in [-0.15, -0.1) is 0 Å². The maximum absolute atomic E-state index is 14.5. The first-order chi connectivity index (χ1) is 33.2. The zero-order chi connectivity index (χ0) is 49.4. The zero-order valence-electron chi connectivity index (χ0n) is 39.4. The minimum absolute atomic E-state index is 0.0752. The Balaban J connectivity index is 1.23. The summed E-state index contributed by atoms with van der Waals surface area (Å²) in [5, 5.41) is 39.8. The number of rotatable bonds is 18. The van der Waals surface area contributed by atoms with E-state index in [1.165, 1.54) is 16.9 Å². The molecule has 6 amide bonds. The molecule has 3 aliphatic rings. The van der Waals surface area contributed by atoms with Crippen molar-refractivity contribution in [1.82, 2.24) is 20.4 Å². The number of unbranched alkanes of at least 4 members (excludes halogenated alkanes) is 2. The molecule has 69 heavy (non-hydrogen) atoms. The number of benzene rings is 4. The summed E-state index contributed by atoms with van der Waals surface area (Å²) in [6.45, 7) is 4.53. The molecule has 0 bridgehead atoms. The molecule has 2 heterocycles. The maximum Gasteiger partial charge on any atom is 0.413 e. The van der Waals surface area contributed by atoms with Crippen molar-refractivity contribution in [3.05, 3.63) is 119 Å². The van der Waals surface area contributed by atoms with Gasteiger partial charge in [0.05, 0.1) is 19.8 Å². The molecule has 7 rings (SSSR count). The van der Waals surface area contributed by atoms with Crippen LogP contribution in [0.1, 0.15) is 99.6 Å². The molecule has 1 aliphatic carbocycles. The molecule has 2 aliphatic heterocycles. The van der Waals surface area contributed by atoms with Crippen LogP contribution in [0.25, 0.3) is 11.1 Å². The van der Waals surface area contributed by atoms with Crippen molar-refractivity contribution < 1.29 is 53.6 Å². The van der Waals surface area contributed by atoms with E-state index in [1.54, 1.807) is 73.8 Å². The van der Waals surface area contributed by atoms with Crippen LogP contribution in [-0.4, -0.2) is 113 Å². The smallest absolute Gasteiger partial charge is 0.413 e. The normalized spacial score (nSPS) is 19.7. The summed E-state index contributed by atoms with van der Waals surface area (Å²) in [5.74, 6) is -1.78. The number of carboxylic acid groups (broad SMARTS) is 2. The number of nitrogens with one attached hydrogen (secondary N) is 3. The molecule has 0 radical (unpaired) electrons. The summed E-state index contributed by atoms with van der Waals surface area (Å²) < 4.78 is 10.3. The number of carbonyl (C=O) groups is 6. The van der Waals surface area contributed by atoms with Crippen molar-refractivity contribution in [3.63, 3.8) is 0 Å². The highest BCUT2D eigenvalue weighted by molar-refractivity contribution is 6.00. The number of aliphatic hydroxyl groups excluding tert-OH is 1. The summed E-state index contributed by atoms with van der Waals surface area (Å²) in [6.07, 6.45) is -0.670. The molecular weight excluding hydrogens is 885 g/mol. The van der Waals surface area contributed by atoms with Crippen molar-refractivity contribution in [1.29, 1.82) is 0 Å². The molecule has 17 nitrogen and oxygen atoms in total. The highest BCUT2D eigenvalue weighted by atomic mass is 16.5. The molecule has 0 aromatic heterocycles. The lowest BCUT2D eigenvalue weighted by Crippen LogP contribution is -2.53. The van der Waals surface area contributed by atoms with E-state index in [2.05, 4.69) is 29.8 Å². The van der Waals surface area contributed by atoms with Gasteiger partial charge in [-0.2, -0.15) is 0 Å². The van der Waals surface area contributed by atoms with E-state index in [1.807, 2.05) is 30.3 Å². The largest absolute Gasteiger partial charge is 0.465 e. The van der Waals surface area contributed by atoms with Crippen molar-refractivity contribution in [3.8, 4) is 11.1 Å². The second kappa shape index (κ2) is 22.0. The highest BCUT2D eigenvalue weighted by Crippen LogP contribution is 2.56. The van der Waals surface area contributed by atoms with Crippen molar-refractivity contribution in [2.24, 2.45) is 5.92 Å². The zero-order valence-corrected chi connectivity index (χ0v) is 39.4. The molecule has 6 N–H and O–H groups in total. The molecule has 0 spiro atoms. The lowest BCUT2D eigenvalue weighted by Gasteiger charge is -2.36. The number of anilines is 2. The molecule has 4 aromatic carbocycles. The number of likely N-dealkylation sites (tertiary alicyclic amines) is 2. The SMILES string of the molecule is CCCCC1(CCCC)c2cc(NC(=O)[C@@H]3C[C@H](COC)CN3C(=O)[C@H](NC(=O)O)c3ccccc3)ccc2-c2ccc(N(C(=O)O)[C@H]3C[C@@H](O)CN3C(=O)[C@H](NC(=O)OC)c3ccccc3)cc21. The minimum atomic E-state index is -1.38. The van der Waals surface area contributed by atoms with Crippen LogP contribution in [0.4, 0.5) is 25.8 Å². The lowest BCUT2D eigenvalue weighted by atomic mass is 9.70. The number of fused-ring (bicyclic) bond motifs is 3. The number of nitrogens with zero attached hydrogens (tertiary/aromatic N) is 3. The van der Waals surface area contributed by atoms with Crippen LogP contribution >= 0.6 is 0 Å². The lowest BCUT2D eigenvalue weighted by molar-refractivity contribution is -0.138. The second-order valence-corrected chi connectivity index (χ2v) is 18.1. The monoisotopic (exact) mass is 946 g/mol. The van der Waals surface area contributed by atoms with Gasteiger partial charge >= 0.3 is 18.3 Å². The molecule has 4 aromatic rings. The van der Waals surface area contributed by atoms with E-state index in [-0.39, 0.29) is 25.4 Å². The first-order valence-corrected chi connectivity index (χ1v) is 23.6. The van der Waals surface area contributed by atoms with Gasteiger partial charge in [0.15, 0.2) is 0 Å². The number of hydrogen-bond donors (Lipinski definition) is 6. The minimum Gasteiger partial charge on any atom is -0.465 e. The Morgan fingerprint density at radius 1 is 0.739 bits per heavy atom.